The maximum atomic E-state index is 9.61. The van der Waals surface area contributed by atoms with E-state index in [0.717, 1.165) is 44.9 Å². The Balaban J connectivity index is 0.000000277. The molecule has 0 aromatic rings. The minimum absolute atomic E-state index is 0. The zero-order valence-electron chi connectivity index (χ0n) is 31.7. The van der Waals surface area contributed by atoms with Gasteiger partial charge >= 0.3 is 29.6 Å². The van der Waals surface area contributed by atoms with Crippen LogP contribution in [0.25, 0.3) is 0 Å². The van der Waals surface area contributed by atoms with E-state index >= 15 is 0 Å². The van der Waals surface area contributed by atoms with Crippen LogP contribution < -0.4 is 34.7 Å². The molecule has 12 atom stereocenters. The van der Waals surface area contributed by atoms with Crippen LogP contribution in [0.5, 0.6) is 0 Å². The van der Waals surface area contributed by atoms with Crippen molar-refractivity contribution in [3.63, 3.8) is 0 Å². The molecule has 1 aliphatic carbocycles. The predicted molar refractivity (Wildman–Crippen MR) is 172 cm³/mol. The summed E-state index contributed by atoms with van der Waals surface area (Å²) in [4.78, 5) is 23.2. The van der Waals surface area contributed by atoms with Gasteiger partial charge in [-0.15, -0.1) is 6.61 Å². The van der Waals surface area contributed by atoms with Crippen LogP contribution in [0, 0.1) is 35.5 Å². The largest absolute Gasteiger partial charge is 1.00 e. The average Bonchev–Trinajstić information content (AvgIpc) is 3.41. The fraction of sp³-hybridized carbons (Fsp3) is 1.00. The summed E-state index contributed by atoms with van der Waals surface area (Å²) in [6, 6.07) is 0. The van der Waals surface area contributed by atoms with Gasteiger partial charge in [-0.1, -0.05) is 54.4 Å². The monoisotopic (exact) mass is 716 g/mol. The molecule has 2 spiro atoms. The third kappa shape index (κ3) is 9.78. The molecule has 0 radical (unpaired) electrons. The van der Waals surface area contributed by atoms with Crippen LogP contribution in [0.1, 0.15) is 120 Å². The Morgan fingerprint density at radius 2 is 1.57 bits per heavy atom. The van der Waals surface area contributed by atoms with Gasteiger partial charge in [0.25, 0.3) is 0 Å². The summed E-state index contributed by atoms with van der Waals surface area (Å²) in [6.07, 6.45) is 6.48. The Labute approximate surface area is 315 Å². The Kier molecular flexibility index (Phi) is 17.9. The quantitative estimate of drug-likeness (QED) is 0.208. The van der Waals surface area contributed by atoms with Gasteiger partial charge in [0, 0.05) is 38.4 Å². The van der Waals surface area contributed by atoms with E-state index in [9.17, 15) is 5.11 Å². The van der Waals surface area contributed by atoms with E-state index in [1.807, 2.05) is 13.8 Å². The summed E-state index contributed by atoms with van der Waals surface area (Å²) in [6.45, 7) is 17.6. The molecule has 3 unspecified atom stereocenters. The van der Waals surface area contributed by atoms with Crippen LogP contribution in [0.15, 0.2) is 0 Å². The van der Waals surface area contributed by atoms with Crippen LogP contribution in [-0.2, 0) is 43.2 Å². The summed E-state index contributed by atoms with van der Waals surface area (Å²) >= 11 is 0. The van der Waals surface area contributed by atoms with Crippen LogP contribution in [0.4, 0.5) is 0 Å². The molecule has 7 aliphatic heterocycles. The SMILES string of the molecule is CCCO[C@@H]1O[C@]2(C)CCC3[C@H](C)CCC[C@]31OO2.COC1O[C@@H]2O[C@]3(C)CCC(C(C)C)[C@@]2(OO3)[C@@H](C)[C@H]1C.O.[Na+].[O-]CCCC(O)O. The number of rotatable bonds is 8. The van der Waals surface area contributed by atoms with Crippen LogP contribution in [-0.4, -0.2) is 83.9 Å². The van der Waals surface area contributed by atoms with E-state index in [2.05, 4.69) is 41.5 Å². The minimum Gasteiger partial charge on any atom is -0.854 e. The molecule has 284 valence electrons. The van der Waals surface area contributed by atoms with Crippen molar-refractivity contribution in [1.29, 1.82) is 0 Å². The van der Waals surface area contributed by atoms with Gasteiger partial charge in [0.05, 0.1) is 0 Å². The fourth-order valence-corrected chi connectivity index (χ4v) is 8.53. The molecule has 4 N–H and O–H groups in total. The second kappa shape index (κ2) is 19.2. The number of aliphatic hydroxyl groups excluding tert-OH is 1. The van der Waals surface area contributed by atoms with E-state index in [-0.39, 0.29) is 78.1 Å². The average molecular weight is 717 g/mol. The van der Waals surface area contributed by atoms with Crippen molar-refractivity contribution in [2.45, 2.75) is 168 Å². The molecule has 13 nitrogen and oxygen atoms in total. The summed E-state index contributed by atoms with van der Waals surface area (Å²) in [7, 11) is 1.68. The van der Waals surface area contributed by atoms with Gasteiger partial charge in [0.1, 0.15) is 0 Å². The molecule has 8 rings (SSSR count). The summed E-state index contributed by atoms with van der Waals surface area (Å²) < 4.78 is 29.9. The first-order chi connectivity index (χ1) is 22.2. The normalized spacial score (nSPS) is 43.7. The number of fused-ring (bicyclic) bond motifs is 6. The first-order valence-corrected chi connectivity index (χ1v) is 18.0. The third-order valence-corrected chi connectivity index (χ3v) is 11.5. The van der Waals surface area contributed by atoms with Crippen LogP contribution in [0.2, 0.25) is 0 Å². The van der Waals surface area contributed by atoms with E-state index in [4.69, 9.17) is 53.4 Å². The molecule has 8 aliphatic rings. The van der Waals surface area contributed by atoms with E-state index < -0.39 is 29.8 Å². The molecule has 7 heterocycles. The summed E-state index contributed by atoms with van der Waals surface area (Å²) in [5.41, 5.74) is -0.943. The maximum absolute atomic E-state index is 9.61. The number of methoxy groups -OCH3 is 1. The third-order valence-electron chi connectivity index (χ3n) is 11.5. The molecule has 4 bridgehead atoms. The van der Waals surface area contributed by atoms with Crippen molar-refractivity contribution in [2.75, 3.05) is 20.3 Å². The zero-order chi connectivity index (χ0) is 34.6. The Bertz CT molecular complexity index is 978. The second-order valence-electron chi connectivity index (χ2n) is 15.3. The topological polar surface area (TPSA) is 178 Å². The molecule has 8 fully saturated rings. The number of aliphatic hydroxyl groups is 2. The van der Waals surface area contributed by atoms with E-state index in [1.54, 1.807) is 7.11 Å². The van der Waals surface area contributed by atoms with Crippen molar-refractivity contribution in [1.82, 2.24) is 0 Å². The van der Waals surface area contributed by atoms with Crippen LogP contribution in [0.3, 0.4) is 0 Å². The van der Waals surface area contributed by atoms with E-state index in [0.29, 0.717) is 36.7 Å². The Hall–Kier alpha value is 0.480. The second-order valence-corrected chi connectivity index (χ2v) is 15.3. The number of hydrogen-bond acceptors (Lipinski definition) is 12. The van der Waals surface area contributed by atoms with Crippen molar-refractivity contribution < 1.29 is 93.6 Å². The van der Waals surface area contributed by atoms with Crippen LogP contribution >= 0.6 is 0 Å². The number of ether oxygens (including phenoxy) is 5. The maximum Gasteiger partial charge on any atom is 1.00 e. The number of hydrogen-bond donors (Lipinski definition) is 2. The summed E-state index contributed by atoms with van der Waals surface area (Å²) in [5.74, 6) is 0.997. The molecule has 49 heavy (non-hydrogen) atoms. The van der Waals surface area contributed by atoms with Gasteiger partial charge in [-0.2, -0.15) is 0 Å². The minimum atomic E-state index is -1.30. The molecule has 0 amide bonds. The summed E-state index contributed by atoms with van der Waals surface area (Å²) in [5, 5.41) is 25.8. The van der Waals surface area contributed by atoms with Crippen molar-refractivity contribution in [2.24, 2.45) is 35.5 Å². The molecular formula is C35H65NaO13. The molecule has 7 saturated heterocycles. The van der Waals surface area contributed by atoms with Crippen molar-refractivity contribution in [3.05, 3.63) is 0 Å². The molecule has 14 heteroatoms. The van der Waals surface area contributed by atoms with Gasteiger partial charge in [-0.05, 0) is 76.0 Å². The van der Waals surface area contributed by atoms with Crippen molar-refractivity contribution >= 4 is 0 Å². The molecule has 0 aromatic heterocycles. The van der Waals surface area contributed by atoms with Gasteiger partial charge in [0.2, 0.25) is 11.6 Å². The fourth-order valence-electron chi connectivity index (χ4n) is 8.53. The van der Waals surface area contributed by atoms with Crippen molar-refractivity contribution in [3.8, 4) is 0 Å². The van der Waals surface area contributed by atoms with Gasteiger partial charge < -0.3 is 44.5 Å². The molecule has 0 aromatic carbocycles. The first kappa shape index (κ1) is 45.6. The smallest absolute Gasteiger partial charge is 0.854 e. The van der Waals surface area contributed by atoms with Gasteiger partial charge in [-0.3, -0.25) is 0 Å². The Morgan fingerprint density at radius 1 is 0.918 bits per heavy atom. The predicted octanol–water partition coefficient (Wildman–Crippen LogP) is 1.11. The molecular weight excluding hydrogens is 651 g/mol. The van der Waals surface area contributed by atoms with Gasteiger partial charge in [-0.25, -0.2) is 19.6 Å². The standard InChI is InChI=1S/C16H28O5.C15H26O4.C4H9O3.Na.H2O/c1-9(2)12-7-8-15(5)19-14-16(12,21-20-15)11(4)10(3)13(17-6)18-14;1-4-10-16-13-15-8-5-6-11(2)12(15)7-9-14(3,17-13)18-19-15;5-3-1-2-4(6)7;;/h9-14H,7-8H2,1-6H3;11-13H,4-10H2,1-3H3;4,6-7H,1-3H2;;1H2/q;;-1;+1;/t10-,11+,12?,13?,14-,15+,16+;11-,12?,13-,14+,15+;;;/m11.../s1. The first-order valence-electron chi connectivity index (χ1n) is 18.0. The van der Waals surface area contributed by atoms with Gasteiger partial charge in [0.15, 0.2) is 36.4 Å². The zero-order valence-corrected chi connectivity index (χ0v) is 33.7. The van der Waals surface area contributed by atoms with E-state index in [1.165, 1.54) is 6.42 Å². The molecule has 1 saturated carbocycles. The Morgan fingerprint density at radius 3 is 2.16 bits per heavy atom.